The van der Waals surface area contributed by atoms with Crippen LogP contribution in [0.15, 0.2) is 23.3 Å². The molecule has 0 saturated heterocycles. The molecular formula is C31H52O4. The normalized spacial score (nSPS) is 43.7. The molecule has 0 spiro atoms. The van der Waals surface area contributed by atoms with Crippen LogP contribution in [-0.2, 0) is 4.74 Å². The molecular weight excluding hydrogens is 436 g/mol. The molecule has 4 heteroatoms. The summed E-state index contributed by atoms with van der Waals surface area (Å²) in [5, 5.41) is 32.0. The van der Waals surface area contributed by atoms with Crippen molar-refractivity contribution in [3.63, 3.8) is 0 Å². The summed E-state index contributed by atoms with van der Waals surface area (Å²) >= 11 is 0. The lowest BCUT2D eigenvalue weighted by Crippen LogP contribution is -2.54. The zero-order valence-corrected chi connectivity index (χ0v) is 23.7. The van der Waals surface area contributed by atoms with Crippen molar-refractivity contribution in [2.75, 3.05) is 13.7 Å². The van der Waals surface area contributed by atoms with Crippen LogP contribution in [0.3, 0.4) is 0 Å². The van der Waals surface area contributed by atoms with Gasteiger partial charge in [-0.25, -0.2) is 0 Å². The van der Waals surface area contributed by atoms with Crippen LogP contribution in [0.1, 0.15) is 99.8 Å². The second-order valence-corrected chi connectivity index (χ2v) is 14.3. The Morgan fingerprint density at radius 1 is 1.06 bits per heavy atom. The number of aliphatic hydroxyl groups is 3. The van der Waals surface area contributed by atoms with Gasteiger partial charge in [-0.05, 0) is 109 Å². The lowest BCUT2D eigenvalue weighted by atomic mass is 9.44. The van der Waals surface area contributed by atoms with E-state index in [1.807, 2.05) is 0 Å². The molecule has 2 fully saturated rings. The Morgan fingerprint density at radius 2 is 1.74 bits per heavy atom. The molecule has 200 valence electrons. The largest absolute Gasteiger partial charge is 0.393 e. The molecule has 9 atom stereocenters. The van der Waals surface area contributed by atoms with Gasteiger partial charge in [0.25, 0.3) is 0 Å². The van der Waals surface area contributed by atoms with Crippen LogP contribution in [0, 0.1) is 39.4 Å². The molecule has 4 aliphatic rings. The molecule has 3 N–H and O–H groups in total. The average Bonchev–Trinajstić information content (AvgIpc) is 3.06. The smallest absolute Gasteiger partial charge is 0.111 e. The highest BCUT2D eigenvalue weighted by atomic mass is 16.5. The second-order valence-electron chi connectivity index (χ2n) is 14.3. The van der Waals surface area contributed by atoms with E-state index < -0.39 is 11.7 Å². The first-order chi connectivity index (χ1) is 16.1. The maximum atomic E-state index is 10.8. The van der Waals surface area contributed by atoms with E-state index in [9.17, 15) is 15.3 Å². The Morgan fingerprint density at radius 3 is 2.40 bits per heavy atom. The lowest BCUT2D eigenvalue weighted by molar-refractivity contribution is -0.105. The summed E-state index contributed by atoms with van der Waals surface area (Å²) in [5.41, 5.74) is 2.46. The van der Waals surface area contributed by atoms with E-state index in [-0.39, 0.29) is 34.4 Å². The van der Waals surface area contributed by atoms with Crippen LogP contribution in [0.4, 0.5) is 0 Å². The Hall–Kier alpha value is -0.680. The first kappa shape index (κ1) is 27.4. The fraction of sp³-hybridized carbons (Fsp3) is 0.871. The zero-order valence-electron chi connectivity index (χ0n) is 23.7. The highest BCUT2D eigenvalue weighted by Crippen LogP contribution is 2.71. The third-order valence-electron chi connectivity index (χ3n) is 12.0. The van der Waals surface area contributed by atoms with Crippen molar-refractivity contribution in [2.45, 2.75) is 118 Å². The molecule has 0 amide bonds. The van der Waals surface area contributed by atoms with Crippen LogP contribution in [-0.4, -0.2) is 46.8 Å². The standard InChI is InChI=1S/C31H52O4/c1-20(9-12-26(33)31(7,34)19-35-8)21-13-17-30(6)23-10-11-24-27(2,3)25(32)15-16-28(24,4)22(23)14-18-29(21,30)5/h10,14,20-21,24-26,32-34H,9,11-13,15-19H2,1-8H3/t20-,21-,24+,25+,26+,28-,29-,30+,31-/m1/s1. The summed E-state index contributed by atoms with van der Waals surface area (Å²) in [6.07, 6.45) is 12.3. The van der Waals surface area contributed by atoms with E-state index in [4.69, 9.17) is 4.74 Å². The fourth-order valence-electron chi connectivity index (χ4n) is 9.27. The Bertz CT molecular complexity index is 871. The van der Waals surface area contributed by atoms with Gasteiger partial charge in [0, 0.05) is 7.11 Å². The minimum atomic E-state index is -1.20. The summed E-state index contributed by atoms with van der Waals surface area (Å²) in [5.74, 6) is 1.57. The zero-order chi connectivity index (χ0) is 26.0. The number of ether oxygens (including phenoxy) is 1. The van der Waals surface area contributed by atoms with E-state index in [0.717, 1.165) is 32.1 Å². The van der Waals surface area contributed by atoms with Crippen molar-refractivity contribution >= 4 is 0 Å². The van der Waals surface area contributed by atoms with Gasteiger partial charge in [0.05, 0.1) is 18.8 Å². The first-order valence-electron chi connectivity index (χ1n) is 14.1. The van der Waals surface area contributed by atoms with Gasteiger partial charge in [0.2, 0.25) is 0 Å². The van der Waals surface area contributed by atoms with E-state index >= 15 is 0 Å². The first-order valence-corrected chi connectivity index (χ1v) is 14.1. The molecule has 0 aromatic rings. The van der Waals surface area contributed by atoms with E-state index in [2.05, 4.69) is 53.7 Å². The van der Waals surface area contributed by atoms with Gasteiger partial charge in [0.1, 0.15) is 5.60 Å². The van der Waals surface area contributed by atoms with Gasteiger partial charge in [-0.3, -0.25) is 0 Å². The highest BCUT2D eigenvalue weighted by molar-refractivity contribution is 5.49. The van der Waals surface area contributed by atoms with Crippen LogP contribution < -0.4 is 0 Å². The Kier molecular flexibility index (Phi) is 7.00. The number of fused-ring (bicyclic) bond motifs is 5. The highest BCUT2D eigenvalue weighted by Gasteiger charge is 2.63. The SMILES string of the molecule is COC[C@@](C)(O)[C@@H](O)CC[C@@H](C)[C@H]1CC[C@@]2(C)C3=CC[C@H]4C(C)(C)[C@@H](O)CC[C@]4(C)C3=CC[C@]12C. The maximum Gasteiger partial charge on any atom is 0.111 e. The van der Waals surface area contributed by atoms with Crippen LogP contribution in [0.5, 0.6) is 0 Å². The van der Waals surface area contributed by atoms with E-state index in [1.165, 1.54) is 12.8 Å². The molecule has 0 aromatic carbocycles. The van der Waals surface area contributed by atoms with Crippen molar-refractivity contribution in [3.05, 3.63) is 23.3 Å². The minimum Gasteiger partial charge on any atom is -0.393 e. The molecule has 4 nitrogen and oxygen atoms in total. The third kappa shape index (κ3) is 4.01. The maximum absolute atomic E-state index is 10.8. The molecule has 35 heavy (non-hydrogen) atoms. The van der Waals surface area contributed by atoms with Crippen LogP contribution in [0.25, 0.3) is 0 Å². The van der Waals surface area contributed by atoms with E-state index in [0.29, 0.717) is 24.2 Å². The van der Waals surface area contributed by atoms with Crippen molar-refractivity contribution in [2.24, 2.45) is 39.4 Å². The predicted octanol–water partition coefficient (Wildman–Crippen LogP) is 6.05. The van der Waals surface area contributed by atoms with Crippen molar-refractivity contribution in [3.8, 4) is 0 Å². The third-order valence-corrected chi connectivity index (χ3v) is 12.0. The molecule has 4 aliphatic carbocycles. The molecule has 4 rings (SSSR count). The van der Waals surface area contributed by atoms with Gasteiger partial charge in [-0.15, -0.1) is 0 Å². The topological polar surface area (TPSA) is 69.9 Å². The summed E-state index contributed by atoms with van der Waals surface area (Å²) < 4.78 is 5.11. The minimum absolute atomic E-state index is 0.0604. The quantitative estimate of drug-likeness (QED) is 0.408. The predicted molar refractivity (Wildman–Crippen MR) is 142 cm³/mol. The molecule has 0 aromatic heterocycles. The number of rotatable bonds is 7. The molecule has 0 aliphatic heterocycles. The molecule has 0 radical (unpaired) electrons. The summed E-state index contributed by atoms with van der Waals surface area (Å²) in [7, 11) is 1.56. The van der Waals surface area contributed by atoms with Crippen LogP contribution in [0.2, 0.25) is 0 Å². The van der Waals surface area contributed by atoms with Gasteiger partial charge >= 0.3 is 0 Å². The Labute approximate surface area is 214 Å². The monoisotopic (exact) mass is 488 g/mol. The molecule has 0 unspecified atom stereocenters. The van der Waals surface area contributed by atoms with Crippen molar-refractivity contribution < 1.29 is 20.1 Å². The van der Waals surface area contributed by atoms with Crippen LogP contribution >= 0.6 is 0 Å². The van der Waals surface area contributed by atoms with Crippen molar-refractivity contribution in [1.82, 2.24) is 0 Å². The fourth-order valence-corrected chi connectivity index (χ4v) is 9.27. The number of hydrogen-bond donors (Lipinski definition) is 3. The summed E-state index contributed by atoms with van der Waals surface area (Å²) in [6, 6.07) is 0. The molecule has 0 heterocycles. The summed E-state index contributed by atoms with van der Waals surface area (Å²) in [6.45, 7) is 16.3. The van der Waals surface area contributed by atoms with Crippen molar-refractivity contribution in [1.29, 1.82) is 0 Å². The number of allylic oxidation sites excluding steroid dienone is 4. The number of hydrogen-bond acceptors (Lipinski definition) is 4. The second kappa shape index (κ2) is 8.96. The van der Waals surface area contributed by atoms with Gasteiger partial charge < -0.3 is 20.1 Å². The van der Waals surface area contributed by atoms with E-state index in [1.54, 1.807) is 25.2 Å². The number of aliphatic hydroxyl groups excluding tert-OH is 2. The summed E-state index contributed by atoms with van der Waals surface area (Å²) in [4.78, 5) is 0. The Balaban J connectivity index is 1.57. The molecule has 2 saturated carbocycles. The number of methoxy groups -OCH3 is 1. The van der Waals surface area contributed by atoms with Gasteiger partial charge in [-0.1, -0.05) is 53.7 Å². The van der Waals surface area contributed by atoms with Gasteiger partial charge in [0.15, 0.2) is 0 Å². The molecule has 0 bridgehead atoms. The lowest BCUT2D eigenvalue weighted by Gasteiger charge is -2.61. The average molecular weight is 489 g/mol. The van der Waals surface area contributed by atoms with Gasteiger partial charge in [-0.2, -0.15) is 0 Å².